The summed E-state index contributed by atoms with van der Waals surface area (Å²) in [5.74, 6) is 0.599. The first-order valence-corrected chi connectivity index (χ1v) is 6.02. The molecule has 0 heterocycles. The molecular formula is C12H17BrN2O2. The van der Waals surface area contributed by atoms with Crippen LogP contribution in [0.2, 0.25) is 0 Å². The molecule has 0 aliphatic carbocycles. The fraction of sp³-hybridized carbons (Fsp3) is 0.417. The standard InChI is InChI=1S/C12H17BrN2O2/c1-8-5-11(17-4)10(6-9(8)13)14-12(16)7-15(2)3/h5-6H,7H2,1-4H3,(H,14,16). The molecular weight excluding hydrogens is 284 g/mol. The number of anilines is 1. The molecule has 94 valence electrons. The average Bonchev–Trinajstić information content (AvgIpc) is 2.21. The normalized spacial score (nSPS) is 10.5. The highest BCUT2D eigenvalue weighted by Gasteiger charge is 2.10. The van der Waals surface area contributed by atoms with Crippen LogP contribution in [0.15, 0.2) is 16.6 Å². The molecule has 4 nitrogen and oxygen atoms in total. The van der Waals surface area contributed by atoms with Crippen molar-refractivity contribution in [3.8, 4) is 5.75 Å². The number of likely N-dealkylation sites (N-methyl/N-ethyl adjacent to an activating group) is 1. The van der Waals surface area contributed by atoms with Crippen molar-refractivity contribution in [2.24, 2.45) is 0 Å². The molecule has 0 saturated heterocycles. The summed E-state index contributed by atoms with van der Waals surface area (Å²) >= 11 is 3.43. The average molecular weight is 301 g/mol. The van der Waals surface area contributed by atoms with Crippen LogP contribution in [0.4, 0.5) is 5.69 Å². The predicted molar refractivity (Wildman–Crippen MR) is 72.6 cm³/mol. The van der Waals surface area contributed by atoms with Gasteiger partial charge in [0.2, 0.25) is 5.91 Å². The third-order valence-electron chi connectivity index (χ3n) is 2.21. The second-order valence-corrected chi connectivity index (χ2v) is 4.94. The molecule has 0 spiro atoms. The van der Waals surface area contributed by atoms with Crippen molar-refractivity contribution in [3.05, 3.63) is 22.2 Å². The van der Waals surface area contributed by atoms with Gasteiger partial charge in [0.1, 0.15) is 5.75 Å². The van der Waals surface area contributed by atoms with Crippen LogP contribution in [-0.2, 0) is 4.79 Å². The number of aryl methyl sites for hydroxylation is 1. The van der Waals surface area contributed by atoms with Crippen molar-refractivity contribution in [1.82, 2.24) is 4.90 Å². The summed E-state index contributed by atoms with van der Waals surface area (Å²) in [5, 5.41) is 2.83. The van der Waals surface area contributed by atoms with Gasteiger partial charge in [-0.2, -0.15) is 0 Å². The van der Waals surface area contributed by atoms with Gasteiger partial charge in [-0.25, -0.2) is 0 Å². The number of carbonyl (C=O) groups excluding carboxylic acids is 1. The van der Waals surface area contributed by atoms with E-state index in [1.807, 2.05) is 38.1 Å². The van der Waals surface area contributed by atoms with Crippen molar-refractivity contribution in [3.63, 3.8) is 0 Å². The number of amides is 1. The minimum Gasteiger partial charge on any atom is -0.495 e. The van der Waals surface area contributed by atoms with Gasteiger partial charge >= 0.3 is 0 Å². The number of rotatable bonds is 4. The number of ether oxygens (including phenoxy) is 1. The Morgan fingerprint density at radius 1 is 1.47 bits per heavy atom. The zero-order valence-corrected chi connectivity index (χ0v) is 12.1. The molecule has 0 atom stereocenters. The monoisotopic (exact) mass is 300 g/mol. The van der Waals surface area contributed by atoms with Crippen LogP contribution in [0.5, 0.6) is 5.75 Å². The Labute approximate surface area is 110 Å². The number of carbonyl (C=O) groups is 1. The molecule has 1 rings (SSSR count). The summed E-state index contributed by atoms with van der Waals surface area (Å²) in [6, 6.07) is 3.73. The molecule has 0 aliphatic rings. The van der Waals surface area contributed by atoms with Crippen molar-refractivity contribution in [2.45, 2.75) is 6.92 Å². The smallest absolute Gasteiger partial charge is 0.238 e. The lowest BCUT2D eigenvalue weighted by molar-refractivity contribution is -0.116. The van der Waals surface area contributed by atoms with Gasteiger partial charge in [0.25, 0.3) is 0 Å². The molecule has 0 fully saturated rings. The number of nitrogens with one attached hydrogen (secondary N) is 1. The molecule has 17 heavy (non-hydrogen) atoms. The maximum atomic E-state index is 11.7. The topological polar surface area (TPSA) is 41.6 Å². The number of halogens is 1. The van der Waals surface area contributed by atoms with E-state index in [-0.39, 0.29) is 5.91 Å². The van der Waals surface area contributed by atoms with Gasteiger partial charge in [0.15, 0.2) is 0 Å². The van der Waals surface area contributed by atoms with E-state index in [4.69, 9.17) is 4.74 Å². The number of hydrogen-bond donors (Lipinski definition) is 1. The molecule has 1 amide bonds. The zero-order chi connectivity index (χ0) is 13.0. The second-order valence-electron chi connectivity index (χ2n) is 4.09. The minimum absolute atomic E-state index is 0.0657. The van der Waals surface area contributed by atoms with Crippen LogP contribution in [0, 0.1) is 6.92 Å². The van der Waals surface area contributed by atoms with E-state index >= 15 is 0 Å². The molecule has 0 radical (unpaired) electrons. The summed E-state index contributed by atoms with van der Waals surface area (Å²) in [4.78, 5) is 13.5. The Morgan fingerprint density at radius 3 is 2.65 bits per heavy atom. The molecule has 5 heteroatoms. The van der Waals surface area contributed by atoms with Gasteiger partial charge in [-0.3, -0.25) is 4.79 Å². The highest BCUT2D eigenvalue weighted by atomic mass is 79.9. The lowest BCUT2D eigenvalue weighted by atomic mass is 10.2. The molecule has 1 N–H and O–H groups in total. The summed E-state index contributed by atoms with van der Waals surface area (Å²) in [5.41, 5.74) is 1.74. The number of benzene rings is 1. The van der Waals surface area contributed by atoms with E-state index in [1.54, 1.807) is 7.11 Å². The van der Waals surface area contributed by atoms with Crippen LogP contribution in [0.3, 0.4) is 0 Å². The van der Waals surface area contributed by atoms with Crippen molar-refractivity contribution in [2.75, 3.05) is 33.1 Å². The molecule has 0 bridgehead atoms. The van der Waals surface area contributed by atoms with Crippen LogP contribution in [-0.4, -0.2) is 38.6 Å². The Hall–Kier alpha value is -1.07. The Balaban J connectivity index is 2.90. The van der Waals surface area contributed by atoms with Crippen LogP contribution in [0.1, 0.15) is 5.56 Å². The minimum atomic E-state index is -0.0657. The van der Waals surface area contributed by atoms with Crippen LogP contribution in [0.25, 0.3) is 0 Å². The molecule has 0 aliphatic heterocycles. The molecule has 1 aromatic rings. The first-order valence-electron chi connectivity index (χ1n) is 5.22. The maximum absolute atomic E-state index is 11.7. The van der Waals surface area contributed by atoms with Gasteiger partial charge in [-0.05, 0) is 38.7 Å². The Morgan fingerprint density at radius 2 is 2.12 bits per heavy atom. The van der Waals surface area contributed by atoms with Gasteiger partial charge in [0.05, 0.1) is 19.3 Å². The van der Waals surface area contributed by atoms with Gasteiger partial charge in [0, 0.05) is 4.47 Å². The van der Waals surface area contributed by atoms with E-state index in [9.17, 15) is 4.79 Å². The van der Waals surface area contributed by atoms with E-state index in [1.165, 1.54) is 0 Å². The first-order chi connectivity index (χ1) is 7.93. The second kappa shape index (κ2) is 6.02. The van der Waals surface area contributed by atoms with Gasteiger partial charge < -0.3 is 15.0 Å². The summed E-state index contributed by atoms with van der Waals surface area (Å²) in [6.45, 7) is 2.31. The molecule has 1 aromatic carbocycles. The van der Waals surface area contributed by atoms with Gasteiger partial charge in [-0.15, -0.1) is 0 Å². The van der Waals surface area contributed by atoms with Crippen LogP contribution < -0.4 is 10.1 Å². The largest absolute Gasteiger partial charge is 0.495 e. The summed E-state index contributed by atoms with van der Waals surface area (Å²) in [7, 11) is 5.29. The van der Waals surface area contributed by atoms with Gasteiger partial charge in [-0.1, -0.05) is 15.9 Å². The number of hydrogen-bond acceptors (Lipinski definition) is 3. The SMILES string of the molecule is COc1cc(C)c(Br)cc1NC(=O)CN(C)C. The van der Waals surface area contributed by atoms with Crippen molar-refractivity contribution in [1.29, 1.82) is 0 Å². The van der Waals surface area contributed by atoms with Crippen molar-refractivity contribution < 1.29 is 9.53 Å². The predicted octanol–water partition coefficient (Wildman–Crippen LogP) is 2.27. The summed E-state index contributed by atoms with van der Waals surface area (Å²) in [6.07, 6.45) is 0. The fourth-order valence-corrected chi connectivity index (χ4v) is 1.74. The lowest BCUT2D eigenvalue weighted by Gasteiger charge is -2.14. The van der Waals surface area contributed by atoms with E-state index < -0.39 is 0 Å². The van der Waals surface area contributed by atoms with Crippen molar-refractivity contribution >= 4 is 27.5 Å². The molecule has 0 unspecified atom stereocenters. The number of nitrogens with zero attached hydrogens (tertiary/aromatic N) is 1. The molecule has 0 aromatic heterocycles. The first kappa shape index (κ1) is 14.0. The molecule has 0 saturated carbocycles. The Bertz CT molecular complexity index is 419. The van der Waals surface area contributed by atoms with E-state index in [2.05, 4.69) is 21.2 Å². The van der Waals surface area contributed by atoms with E-state index in [0.29, 0.717) is 18.0 Å². The highest BCUT2D eigenvalue weighted by Crippen LogP contribution is 2.30. The summed E-state index contributed by atoms with van der Waals surface area (Å²) < 4.78 is 6.18. The third-order valence-corrected chi connectivity index (χ3v) is 3.07. The third kappa shape index (κ3) is 4.02. The van der Waals surface area contributed by atoms with Crippen LogP contribution >= 0.6 is 15.9 Å². The zero-order valence-electron chi connectivity index (χ0n) is 10.5. The number of methoxy groups -OCH3 is 1. The Kier molecular flexibility index (Phi) is 4.96. The quantitative estimate of drug-likeness (QED) is 0.927. The fourth-order valence-electron chi connectivity index (χ4n) is 1.40. The lowest BCUT2D eigenvalue weighted by Crippen LogP contribution is -2.27. The van der Waals surface area contributed by atoms with E-state index in [0.717, 1.165) is 10.0 Å². The maximum Gasteiger partial charge on any atom is 0.238 e. The highest BCUT2D eigenvalue weighted by molar-refractivity contribution is 9.10.